The van der Waals surface area contributed by atoms with Crippen molar-refractivity contribution in [2.75, 3.05) is 19.8 Å². The average molecular weight is 869 g/mol. The van der Waals surface area contributed by atoms with Gasteiger partial charge in [-0.25, -0.2) is 9.13 Å². The van der Waals surface area contributed by atoms with Crippen LogP contribution in [0.15, 0.2) is 0 Å². The van der Waals surface area contributed by atoms with Gasteiger partial charge in [0.05, 0.1) is 19.8 Å². The molecule has 0 saturated carbocycles. The Hall–Kier alpha value is 0.220. The van der Waals surface area contributed by atoms with Crippen LogP contribution in [0.5, 0.6) is 0 Å². The monoisotopic (exact) mass is 869 g/mol. The summed E-state index contributed by atoms with van der Waals surface area (Å²) in [5.41, 5.74) is 0. The Morgan fingerprint density at radius 3 is 0.517 bits per heavy atom. The van der Waals surface area contributed by atoms with Gasteiger partial charge in [0, 0.05) is 0 Å². The van der Waals surface area contributed by atoms with Crippen molar-refractivity contribution in [3.63, 3.8) is 0 Å². The highest BCUT2D eigenvalue weighted by Crippen LogP contribution is 2.50. The van der Waals surface area contributed by atoms with Crippen LogP contribution >= 0.6 is 15.6 Å². The Morgan fingerprint density at radius 2 is 0.379 bits per heavy atom. The van der Waals surface area contributed by atoms with Gasteiger partial charge in [-0.05, 0) is 19.3 Å². The van der Waals surface area contributed by atoms with Gasteiger partial charge in [0.2, 0.25) is 0 Å². The average Bonchev–Trinajstić information content (AvgIpc) is 3.18. The Balaban J connectivity index is 0. The van der Waals surface area contributed by atoms with E-state index < -0.39 is 15.6 Å². The molecule has 0 aliphatic carbocycles. The molecular weight excluding hydrogens is 766 g/mol. The number of phosphoric acid groups is 2. The molecule has 0 amide bonds. The van der Waals surface area contributed by atoms with Gasteiger partial charge < -0.3 is 14.7 Å². The maximum Gasteiger partial charge on any atom is 0.474 e. The van der Waals surface area contributed by atoms with E-state index in [2.05, 4.69) is 20.8 Å². The van der Waals surface area contributed by atoms with Crippen LogP contribution in [0.3, 0.4) is 0 Å². The summed E-state index contributed by atoms with van der Waals surface area (Å²) in [6.07, 6.45) is 55.8. The molecule has 0 rings (SSSR count). The van der Waals surface area contributed by atoms with Crippen molar-refractivity contribution in [3.8, 4) is 0 Å². The van der Waals surface area contributed by atoms with E-state index in [9.17, 15) is 4.57 Å². The van der Waals surface area contributed by atoms with Crippen LogP contribution in [-0.4, -0.2) is 34.5 Å². The summed E-state index contributed by atoms with van der Waals surface area (Å²) in [7, 11) is -8.12. The maximum absolute atomic E-state index is 13.5. The molecule has 8 nitrogen and oxygen atoms in total. The summed E-state index contributed by atoms with van der Waals surface area (Å²) in [5, 5.41) is 0. The first kappa shape index (κ1) is 60.3. The minimum atomic E-state index is -4.64. The van der Waals surface area contributed by atoms with Gasteiger partial charge in [-0.1, -0.05) is 271 Å². The van der Waals surface area contributed by atoms with Crippen LogP contribution in [-0.2, 0) is 22.7 Å². The third-order valence-electron chi connectivity index (χ3n) is 11.2. The van der Waals surface area contributed by atoms with Crippen LogP contribution in [0.4, 0.5) is 0 Å². The second-order valence-electron chi connectivity index (χ2n) is 17.2. The van der Waals surface area contributed by atoms with Gasteiger partial charge >= 0.3 is 15.6 Å². The van der Waals surface area contributed by atoms with E-state index in [4.69, 9.17) is 32.8 Å². The van der Waals surface area contributed by atoms with Gasteiger partial charge in [-0.3, -0.25) is 13.6 Å². The Morgan fingerprint density at radius 1 is 0.259 bits per heavy atom. The lowest BCUT2D eigenvalue weighted by molar-refractivity contribution is 0.108. The van der Waals surface area contributed by atoms with E-state index in [-0.39, 0.29) is 0 Å². The molecule has 0 aliphatic heterocycles. The third kappa shape index (κ3) is 58.3. The fourth-order valence-electron chi connectivity index (χ4n) is 7.53. The minimum absolute atomic E-state index is 0.479. The predicted octanol–water partition coefficient (Wildman–Crippen LogP) is 17.7. The summed E-state index contributed by atoms with van der Waals surface area (Å²) >= 11 is 0. The first-order valence-corrected chi connectivity index (χ1v) is 28.5. The SMILES string of the molecule is CCCCCCCCCCCCCCCCOP(=O)(OCCCCCCCCCCCCCCCC)OCCCCCCCCCCCCCCCC.O=P(O)(O)O. The molecule has 0 aliphatic rings. The molecule has 3 N–H and O–H groups in total. The number of rotatable bonds is 48. The van der Waals surface area contributed by atoms with E-state index in [0.717, 1.165) is 38.5 Å². The van der Waals surface area contributed by atoms with E-state index >= 15 is 0 Å². The molecule has 58 heavy (non-hydrogen) atoms. The molecule has 352 valence electrons. The van der Waals surface area contributed by atoms with Crippen molar-refractivity contribution in [1.82, 2.24) is 0 Å². The van der Waals surface area contributed by atoms with E-state index in [1.807, 2.05) is 0 Å². The molecule has 0 unspecified atom stereocenters. The van der Waals surface area contributed by atoms with Crippen LogP contribution in [0.1, 0.15) is 290 Å². The van der Waals surface area contributed by atoms with Crippen LogP contribution < -0.4 is 0 Å². The highest BCUT2D eigenvalue weighted by molar-refractivity contribution is 7.48. The fourth-order valence-corrected chi connectivity index (χ4v) is 8.81. The summed E-state index contributed by atoms with van der Waals surface area (Å²) in [6, 6.07) is 0. The van der Waals surface area contributed by atoms with Gasteiger partial charge in [0.25, 0.3) is 0 Å². The molecule has 10 heteroatoms. The van der Waals surface area contributed by atoms with Crippen molar-refractivity contribution < 1.29 is 37.4 Å². The molecule has 0 radical (unpaired) electrons. The summed E-state index contributed by atoms with van der Waals surface area (Å²) in [5.74, 6) is 0. The third-order valence-corrected chi connectivity index (χ3v) is 12.7. The number of phosphoric ester groups is 1. The van der Waals surface area contributed by atoms with Crippen LogP contribution in [0.2, 0.25) is 0 Å². The van der Waals surface area contributed by atoms with Crippen molar-refractivity contribution in [2.45, 2.75) is 290 Å². The van der Waals surface area contributed by atoms with E-state index in [1.165, 1.54) is 231 Å². The lowest BCUT2D eigenvalue weighted by Crippen LogP contribution is -2.04. The second kappa shape index (κ2) is 49.9. The molecule has 0 heterocycles. The normalized spacial score (nSPS) is 12.0. The first-order chi connectivity index (χ1) is 28.2. The fraction of sp³-hybridized carbons (Fsp3) is 1.00. The molecule has 0 atom stereocenters. The minimum Gasteiger partial charge on any atom is -0.303 e. The summed E-state index contributed by atoms with van der Waals surface area (Å²) in [6.45, 7) is 8.31. The highest BCUT2D eigenvalue weighted by atomic mass is 31.2. The lowest BCUT2D eigenvalue weighted by atomic mass is 10.0. The Kier molecular flexibility index (Phi) is 51.9. The zero-order valence-electron chi connectivity index (χ0n) is 39.1. The lowest BCUT2D eigenvalue weighted by Gasteiger charge is -2.18. The Bertz CT molecular complexity index is 757. The molecule has 0 saturated heterocycles. The summed E-state index contributed by atoms with van der Waals surface area (Å²) in [4.78, 5) is 21.6. The molecule has 0 aromatic carbocycles. The highest BCUT2D eigenvalue weighted by Gasteiger charge is 2.26. The van der Waals surface area contributed by atoms with Crippen LogP contribution in [0, 0.1) is 0 Å². The molecule has 0 fully saturated rings. The van der Waals surface area contributed by atoms with Crippen molar-refractivity contribution in [1.29, 1.82) is 0 Å². The predicted molar refractivity (Wildman–Crippen MR) is 251 cm³/mol. The van der Waals surface area contributed by atoms with Gasteiger partial charge in [-0.2, -0.15) is 0 Å². The van der Waals surface area contributed by atoms with Crippen molar-refractivity contribution in [2.24, 2.45) is 0 Å². The molecule has 0 aromatic heterocycles. The van der Waals surface area contributed by atoms with Crippen molar-refractivity contribution >= 4 is 15.6 Å². The zero-order chi connectivity index (χ0) is 42.9. The molecule has 0 aromatic rings. The van der Waals surface area contributed by atoms with Crippen molar-refractivity contribution in [3.05, 3.63) is 0 Å². The number of unbranched alkanes of at least 4 members (excludes halogenated alkanes) is 39. The number of hydrogen-bond acceptors (Lipinski definition) is 5. The Labute approximate surface area is 362 Å². The first-order valence-electron chi connectivity index (χ1n) is 25.5. The quantitative estimate of drug-likeness (QED) is 0.0408. The van der Waals surface area contributed by atoms with Gasteiger partial charge in [0.1, 0.15) is 0 Å². The van der Waals surface area contributed by atoms with Gasteiger partial charge in [-0.15, -0.1) is 0 Å². The maximum atomic E-state index is 13.5. The van der Waals surface area contributed by atoms with Gasteiger partial charge in [0.15, 0.2) is 0 Å². The summed E-state index contributed by atoms with van der Waals surface area (Å²) < 4.78 is 40.1. The van der Waals surface area contributed by atoms with E-state index in [1.54, 1.807) is 0 Å². The molecule has 0 spiro atoms. The molecular formula is C48H102O8P2. The standard InChI is InChI=1S/C48H99O4P.H3O4P/c1-4-7-10-13-16-19-22-25-28-31-34-37-40-43-46-50-53(49,51-47-44-41-38-35-32-29-26-23-20-17-14-11-8-5-2)52-48-45-42-39-36-33-30-27-24-21-18-15-12-9-6-3;1-5(2,3)4/h4-48H2,1-3H3;(H3,1,2,3,4). The van der Waals surface area contributed by atoms with E-state index in [0.29, 0.717) is 19.8 Å². The topological polar surface area (TPSA) is 123 Å². The smallest absolute Gasteiger partial charge is 0.303 e. The van der Waals surface area contributed by atoms with Crippen LogP contribution in [0.25, 0.3) is 0 Å². The molecule has 0 bridgehead atoms. The second-order valence-corrected chi connectivity index (χ2v) is 19.9. The zero-order valence-corrected chi connectivity index (χ0v) is 40.9. The number of hydrogen-bond donors (Lipinski definition) is 3. The largest absolute Gasteiger partial charge is 0.474 e.